The van der Waals surface area contributed by atoms with Gasteiger partial charge in [-0.15, -0.1) is 0 Å². The zero-order valence-electron chi connectivity index (χ0n) is 9.77. The van der Waals surface area contributed by atoms with Crippen molar-refractivity contribution in [2.45, 2.75) is 19.4 Å². The molecule has 1 atom stereocenters. The van der Waals surface area contributed by atoms with Crippen LogP contribution in [0, 0.1) is 0 Å². The first-order valence-corrected chi connectivity index (χ1v) is 6.15. The second kappa shape index (κ2) is 5.74. The Bertz CT molecular complexity index is 467. The predicted octanol–water partition coefficient (Wildman–Crippen LogP) is 4.87. The lowest BCUT2D eigenvalue weighted by molar-refractivity contribution is 0.201. The molecule has 0 bridgehead atoms. The molecule has 0 aliphatic rings. The van der Waals surface area contributed by atoms with E-state index in [0.717, 1.165) is 12.2 Å². The van der Waals surface area contributed by atoms with E-state index in [1.165, 1.54) is 5.56 Å². The van der Waals surface area contributed by atoms with E-state index in [1.807, 2.05) is 42.5 Å². The fraction of sp³-hybridized carbons (Fsp3) is 0.200. The second-order valence-electron chi connectivity index (χ2n) is 3.86. The molecule has 0 saturated carbocycles. The van der Waals surface area contributed by atoms with E-state index in [9.17, 15) is 0 Å². The van der Waals surface area contributed by atoms with Crippen LogP contribution in [0.1, 0.15) is 25.0 Å². The van der Waals surface area contributed by atoms with Crippen LogP contribution in [0.2, 0.25) is 5.02 Å². The first kappa shape index (κ1) is 12.0. The van der Waals surface area contributed by atoms with Crippen LogP contribution in [0.15, 0.2) is 54.6 Å². The summed E-state index contributed by atoms with van der Waals surface area (Å²) < 4.78 is 5.95. The molecule has 1 nitrogen and oxygen atoms in total. The van der Waals surface area contributed by atoms with Gasteiger partial charge in [0.1, 0.15) is 11.9 Å². The van der Waals surface area contributed by atoms with Crippen LogP contribution < -0.4 is 4.74 Å². The number of rotatable bonds is 4. The monoisotopic (exact) mass is 246 g/mol. The number of para-hydroxylation sites is 1. The zero-order chi connectivity index (χ0) is 12.1. The van der Waals surface area contributed by atoms with E-state index in [1.54, 1.807) is 0 Å². The Balaban J connectivity index is 2.19. The molecule has 0 aromatic heterocycles. The Morgan fingerprint density at radius 3 is 2.29 bits per heavy atom. The van der Waals surface area contributed by atoms with Gasteiger partial charge in [-0.2, -0.15) is 0 Å². The Morgan fingerprint density at radius 1 is 1.00 bits per heavy atom. The lowest BCUT2D eigenvalue weighted by Crippen LogP contribution is -2.06. The Labute approximate surface area is 107 Å². The average Bonchev–Trinajstić information content (AvgIpc) is 2.39. The standard InChI is InChI=1S/C15H15ClO/c1-2-14(12-8-4-3-5-9-12)17-15-11-7-6-10-13(15)16/h3-11,14H,2H2,1H3/t14-/m1/s1. The Hall–Kier alpha value is -1.47. The van der Waals surface area contributed by atoms with Crippen LogP contribution in [-0.2, 0) is 0 Å². The quantitative estimate of drug-likeness (QED) is 0.748. The topological polar surface area (TPSA) is 9.23 Å². The number of benzene rings is 2. The number of hydrogen-bond acceptors (Lipinski definition) is 1. The smallest absolute Gasteiger partial charge is 0.138 e. The molecule has 0 N–H and O–H groups in total. The van der Waals surface area contributed by atoms with Gasteiger partial charge in [-0.1, -0.05) is 61.0 Å². The summed E-state index contributed by atoms with van der Waals surface area (Å²) in [4.78, 5) is 0. The summed E-state index contributed by atoms with van der Waals surface area (Å²) in [5.41, 5.74) is 1.18. The highest BCUT2D eigenvalue weighted by Gasteiger charge is 2.11. The third-order valence-electron chi connectivity index (χ3n) is 2.65. The maximum atomic E-state index is 6.09. The van der Waals surface area contributed by atoms with Crippen molar-refractivity contribution in [1.29, 1.82) is 0 Å². The van der Waals surface area contributed by atoms with Crippen molar-refractivity contribution >= 4 is 11.6 Å². The SMILES string of the molecule is CC[C@@H](Oc1ccccc1Cl)c1ccccc1. The molecule has 2 heteroatoms. The molecular formula is C15H15ClO. The minimum absolute atomic E-state index is 0.0519. The van der Waals surface area contributed by atoms with Crippen LogP contribution in [0.3, 0.4) is 0 Å². The minimum Gasteiger partial charge on any atom is -0.484 e. The van der Waals surface area contributed by atoms with Crippen molar-refractivity contribution in [1.82, 2.24) is 0 Å². The van der Waals surface area contributed by atoms with E-state index in [-0.39, 0.29) is 6.10 Å². The van der Waals surface area contributed by atoms with Crippen LogP contribution in [-0.4, -0.2) is 0 Å². The molecule has 2 rings (SSSR count). The van der Waals surface area contributed by atoms with E-state index >= 15 is 0 Å². The highest BCUT2D eigenvalue weighted by atomic mass is 35.5. The maximum absolute atomic E-state index is 6.09. The van der Waals surface area contributed by atoms with E-state index in [4.69, 9.17) is 16.3 Å². The van der Waals surface area contributed by atoms with E-state index in [2.05, 4.69) is 19.1 Å². The summed E-state index contributed by atoms with van der Waals surface area (Å²) in [7, 11) is 0. The molecule has 0 aliphatic heterocycles. The first-order valence-electron chi connectivity index (χ1n) is 5.77. The van der Waals surface area contributed by atoms with Crippen LogP contribution in [0.5, 0.6) is 5.75 Å². The fourth-order valence-electron chi connectivity index (χ4n) is 1.75. The van der Waals surface area contributed by atoms with Crippen molar-refractivity contribution < 1.29 is 4.74 Å². The number of ether oxygens (including phenoxy) is 1. The predicted molar refractivity (Wildman–Crippen MR) is 71.6 cm³/mol. The van der Waals surface area contributed by atoms with Gasteiger partial charge in [0.2, 0.25) is 0 Å². The van der Waals surface area contributed by atoms with Gasteiger partial charge in [0.25, 0.3) is 0 Å². The van der Waals surface area contributed by atoms with Gasteiger partial charge >= 0.3 is 0 Å². The molecule has 0 fully saturated rings. The summed E-state index contributed by atoms with van der Waals surface area (Å²) in [6.07, 6.45) is 0.964. The molecule has 0 spiro atoms. The van der Waals surface area contributed by atoms with Crippen molar-refractivity contribution in [3.8, 4) is 5.75 Å². The number of hydrogen-bond donors (Lipinski definition) is 0. The molecular weight excluding hydrogens is 232 g/mol. The van der Waals surface area contributed by atoms with Crippen LogP contribution >= 0.6 is 11.6 Å². The summed E-state index contributed by atoms with van der Waals surface area (Å²) in [6, 6.07) is 17.8. The first-order chi connectivity index (χ1) is 8.31. The van der Waals surface area contributed by atoms with Crippen molar-refractivity contribution in [3.05, 3.63) is 65.2 Å². The van der Waals surface area contributed by atoms with Gasteiger partial charge < -0.3 is 4.74 Å². The van der Waals surface area contributed by atoms with Gasteiger partial charge in [-0.05, 0) is 24.1 Å². The van der Waals surface area contributed by atoms with Crippen LogP contribution in [0.25, 0.3) is 0 Å². The van der Waals surface area contributed by atoms with Gasteiger partial charge in [-0.25, -0.2) is 0 Å². The molecule has 0 heterocycles. The lowest BCUT2D eigenvalue weighted by atomic mass is 10.1. The molecule has 0 unspecified atom stereocenters. The molecule has 17 heavy (non-hydrogen) atoms. The molecule has 88 valence electrons. The third kappa shape index (κ3) is 3.01. The van der Waals surface area contributed by atoms with Crippen molar-refractivity contribution in [3.63, 3.8) is 0 Å². The van der Waals surface area contributed by atoms with Crippen LogP contribution in [0.4, 0.5) is 0 Å². The van der Waals surface area contributed by atoms with Gasteiger partial charge in [0.15, 0.2) is 0 Å². The van der Waals surface area contributed by atoms with E-state index in [0.29, 0.717) is 5.02 Å². The lowest BCUT2D eigenvalue weighted by Gasteiger charge is -2.18. The summed E-state index contributed by atoms with van der Waals surface area (Å²) in [6.45, 7) is 2.11. The molecule has 0 saturated heterocycles. The van der Waals surface area contributed by atoms with Gasteiger partial charge in [-0.3, -0.25) is 0 Å². The fourth-order valence-corrected chi connectivity index (χ4v) is 1.93. The molecule has 2 aromatic rings. The summed E-state index contributed by atoms with van der Waals surface area (Å²) >= 11 is 6.09. The molecule has 0 radical (unpaired) electrons. The number of halogens is 1. The van der Waals surface area contributed by atoms with Gasteiger partial charge in [0.05, 0.1) is 5.02 Å². The molecule has 0 amide bonds. The maximum Gasteiger partial charge on any atom is 0.138 e. The normalized spacial score (nSPS) is 12.1. The summed E-state index contributed by atoms with van der Waals surface area (Å²) in [5.74, 6) is 0.741. The molecule has 2 aromatic carbocycles. The highest BCUT2D eigenvalue weighted by molar-refractivity contribution is 6.32. The van der Waals surface area contributed by atoms with Crippen molar-refractivity contribution in [2.24, 2.45) is 0 Å². The Morgan fingerprint density at radius 2 is 1.65 bits per heavy atom. The Kier molecular flexibility index (Phi) is 4.05. The van der Waals surface area contributed by atoms with Crippen molar-refractivity contribution in [2.75, 3.05) is 0 Å². The average molecular weight is 247 g/mol. The third-order valence-corrected chi connectivity index (χ3v) is 2.96. The van der Waals surface area contributed by atoms with Gasteiger partial charge in [0, 0.05) is 0 Å². The second-order valence-corrected chi connectivity index (χ2v) is 4.26. The molecule has 0 aliphatic carbocycles. The van der Waals surface area contributed by atoms with E-state index < -0.39 is 0 Å². The largest absolute Gasteiger partial charge is 0.484 e. The zero-order valence-corrected chi connectivity index (χ0v) is 10.5. The summed E-state index contributed by atoms with van der Waals surface area (Å²) in [5, 5.41) is 0.655. The highest BCUT2D eigenvalue weighted by Crippen LogP contribution is 2.30. The minimum atomic E-state index is 0.0519.